The number of ether oxygens (including phenoxy) is 1. The van der Waals surface area contributed by atoms with Crippen molar-refractivity contribution in [3.05, 3.63) is 142 Å². The summed E-state index contributed by atoms with van der Waals surface area (Å²) in [5, 5.41) is 2.63. The molecule has 0 fully saturated rings. The molecule has 2 heterocycles. The fraction of sp³-hybridized carbons (Fsp3) is 0.111. The van der Waals surface area contributed by atoms with Crippen LogP contribution >= 0.6 is 11.3 Å². The second-order valence-corrected chi connectivity index (χ2v) is 11.6. The molecule has 4 aromatic carbocycles. The average Bonchev–Trinajstić information content (AvgIpc) is 3.52. The molecule has 0 saturated carbocycles. The maximum atomic E-state index is 6.37. The molecule has 1 unspecified atom stereocenters. The van der Waals surface area contributed by atoms with Crippen LogP contribution in [-0.2, 0) is 5.41 Å². The molecule has 3 aliphatic rings. The number of fused-ring (bicyclic) bond motifs is 10. The predicted molar refractivity (Wildman–Crippen MR) is 162 cm³/mol. The smallest absolute Gasteiger partial charge is 0.135 e. The zero-order valence-electron chi connectivity index (χ0n) is 21.4. The van der Waals surface area contributed by atoms with Crippen LogP contribution in [-0.4, -0.2) is 6.61 Å². The van der Waals surface area contributed by atoms with Crippen LogP contribution in [0.15, 0.2) is 103 Å². The molecule has 0 saturated heterocycles. The van der Waals surface area contributed by atoms with Crippen molar-refractivity contribution in [2.75, 3.05) is 6.61 Å². The number of aryl methyl sites for hydroxylation is 2. The van der Waals surface area contributed by atoms with E-state index in [1.165, 1.54) is 70.3 Å². The van der Waals surface area contributed by atoms with Gasteiger partial charge in [-0.3, -0.25) is 0 Å². The molecule has 1 aromatic heterocycles. The topological polar surface area (TPSA) is 9.23 Å². The Kier molecular flexibility index (Phi) is 4.57. The minimum Gasteiger partial charge on any atom is -0.488 e. The van der Waals surface area contributed by atoms with E-state index in [1.807, 2.05) is 11.3 Å². The van der Waals surface area contributed by atoms with Gasteiger partial charge in [0.2, 0.25) is 0 Å². The zero-order valence-corrected chi connectivity index (χ0v) is 22.2. The Balaban J connectivity index is 1.48. The standard InChI is InChI=1S/C36H26OS/c1-22-14-15-30(23(2)19-22)36(25-9-4-3-5-10-25)17-16-24-20-28-33(29(24)21-36)35-32(27-12-8-18-37-34(27)28)26-11-6-7-13-31(26)38-35/h3-17,19-21H,18H2,1-2H3. The highest BCUT2D eigenvalue weighted by molar-refractivity contribution is 7.26. The number of allylic oxidation sites excluding steroid dienone is 5. The maximum Gasteiger partial charge on any atom is 0.135 e. The Morgan fingerprint density at radius 2 is 1.71 bits per heavy atom. The number of benzene rings is 4. The summed E-state index contributed by atoms with van der Waals surface area (Å²) in [7, 11) is 0. The van der Waals surface area contributed by atoms with Crippen LogP contribution in [0, 0.1) is 13.8 Å². The minimum absolute atomic E-state index is 0.354. The molecule has 182 valence electrons. The second kappa shape index (κ2) is 7.93. The van der Waals surface area contributed by atoms with E-state index in [-0.39, 0.29) is 5.41 Å². The van der Waals surface area contributed by atoms with Crippen LogP contribution in [0.1, 0.15) is 38.9 Å². The summed E-state index contributed by atoms with van der Waals surface area (Å²) < 4.78 is 9.05. The van der Waals surface area contributed by atoms with Gasteiger partial charge in [0.05, 0.1) is 5.41 Å². The number of thiophene rings is 1. The van der Waals surface area contributed by atoms with E-state index in [1.54, 1.807) is 0 Å². The third kappa shape index (κ3) is 2.92. The lowest BCUT2D eigenvalue weighted by atomic mass is 9.68. The van der Waals surface area contributed by atoms with Crippen LogP contribution < -0.4 is 4.74 Å². The molecular weight excluding hydrogens is 480 g/mol. The molecule has 1 atom stereocenters. The van der Waals surface area contributed by atoms with Crippen molar-refractivity contribution in [1.82, 2.24) is 0 Å². The van der Waals surface area contributed by atoms with E-state index in [9.17, 15) is 0 Å². The monoisotopic (exact) mass is 506 g/mol. The second-order valence-electron chi connectivity index (χ2n) is 10.6. The average molecular weight is 507 g/mol. The molecule has 2 heteroatoms. The van der Waals surface area contributed by atoms with Crippen molar-refractivity contribution >= 4 is 49.2 Å². The molecule has 8 rings (SSSR count). The van der Waals surface area contributed by atoms with Crippen molar-refractivity contribution in [2.45, 2.75) is 19.3 Å². The van der Waals surface area contributed by atoms with Gasteiger partial charge >= 0.3 is 0 Å². The van der Waals surface area contributed by atoms with Crippen LogP contribution in [0.4, 0.5) is 0 Å². The molecule has 2 aliphatic carbocycles. The molecule has 0 spiro atoms. The van der Waals surface area contributed by atoms with E-state index in [0.29, 0.717) is 6.61 Å². The van der Waals surface area contributed by atoms with E-state index in [4.69, 9.17) is 4.74 Å². The molecule has 0 bridgehead atoms. The van der Waals surface area contributed by atoms with E-state index < -0.39 is 0 Å². The predicted octanol–water partition coefficient (Wildman–Crippen LogP) is 9.41. The molecule has 0 amide bonds. The van der Waals surface area contributed by atoms with Crippen molar-refractivity contribution in [1.29, 1.82) is 0 Å². The fourth-order valence-electron chi connectivity index (χ4n) is 6.66. The van der Waals surface area contributed by atoms with Gasteiger partial charge < -0.3 is 4.74 Å². The van der Waals surface area contributed by atoms with Crippen LogP contribution in [0.3, 0.4) is 0 Å². The van der Waals surface area contributed by atoms with E-state index >= 15 is 0 Å². The first-order valence-electron chi connectivity index (χ1n) is 13.2. The van der Waals surface area contributed by atoms with Gasteiger partial charge in [0, 0.05) is 36.9 Å². The summed E-state index contributed by atoms with van der Waals surface area (Å²) in [6.07, 6.45) is 14.0. The van der Waals surface area contributed by atoms with Crippen molar-refractivity contribution < 1.29 is 4.74 Å². The first-order chi connectivity index (χ1) is 18.6. The van der Waals surface area contributed by atoms with Gasteiger partial charge in [0.15, 0.2) is 0 Å². The fourth-order valence-corrected chi connectivity index (χ4v) is 7.95. The summed E-state index contributed by atoms with van der Waals surface area (Å²) >= 11 is 1.90. The lowest BCUT2D eigenvalue weighted by Gasteiger charge is -2.34. The van der Waals surface area contributed by atoms with E-state index in [0.717, 1.165) is 5.75 Å². The minimum atomic E-state index is -0.354. The molecule has 38 heavy (non-hydrogen) atoms. The Hall–Kier alpha value is -4.14. The molecular formula is C36H26OS. The lowest BCUT2D eigenvalue weighted by Crippen LogP contribution is -2.26. The number of hydrogen-bond acceptors (Lipinski definition) is 2. The Bertz CT molecular complexity index is 1930. The first-order valence-corrected chi connectivity index (χ1v) is 14.0. The van der Waals surface area contributed by atoms with Gasteiger partial charge in [-0.15, -0.1) is 11.3 Å². The van der Waals surface area contributed by atoms with Crippen LogP contribution in [0.25, 0.3) is 37.9 Å². The first kappa shape index (κ1) is 21.9. The summed E-state index contributed by atoms with van der Waals surface area (Å²) in [6, 6.07) is 26.6. The van der Waals surface area contributed by atoms with E-state index in [2.05, 4.69) is 123 Å². The van der Waals surface area contributed by atoms with Gasteiger partial charge in [0.25, 0.3) is 0 Å². The summed E-state index contributed by atoms with van der Waals surface area (Å²) in [4.78, 5) is 0. The zero-order chi connectivity index (χ0) is 25.4. The summed E-state index contributed by atoms with van der Waals surface area (Å²) in [5.41, 5.74) is 11.2. The summed E-state index contributed by atoms with van der Waals surface area (Å²) in [5.74, 6) is 1.02. The highest BCUT2D eigenvalue weighted by atomic mass is 32.1. The van der Waals surface area contributed by atoms with Crippen LogP contribution in [0.5, 0.6) is 5.75 Å². The molecule has 0 radical (unpaired) electrons. The Labute approximate surface area is 226 Å². The van der Waals surface area contributed by atoms with Crippen molar-refractivity contribution in [3.63, 3.8) is 0 Å². The number of hydrogen-bond donors (Lipinski definition) is 0. The van der Waals surface area contributed by atoms with Gasteiger partial charge in [-0.25, -0.2) is 0 Å². The number of rotatable bonds is 2. The van der Waals surface area contributed by atoms with Crippen LogP contribution in [0.2, 0.25) is 0 Å². The van der Waals surface area contributed by atoms with Gasteiger partial charge in [-0.1, -0.05) is 96.6 Å². The largest absolute Gasteiger partial charge is 0.488 e. The SMILES string of the molecule is Cc1ccc(C2(c3ccccc3)C=CC3=Cc4c5c(c6c(sc7ccccc76)c4C3=C2)C=CCO5)c(C)c1. The third-order valence-electron chi connectivity index (χ3n) is 8.32. The highest BCUT2D eigenvalue weighted by Crippen LogP contribution is 2.55. The highest BCUT2D eigenvalue weighted by Gasteiger charge is 2.38. The van der Waals surface area contributed by atoms with Crippen molar-refractivity contribution in [3.8, 4) is 5.75 Å². The Morgan fingerprint density at radius 1 is 0.868 bits per heavy atom. The van der Waals surface area contributed by atoms with Gasteiger partial charge in [0.1, 0.15) is 12.4 Å². The molecule has 1 aliphatic heterocycles. The van der Waals surface area contributed by atoms with Crippen molar-refractivity contribution in [2.24, 2.45) is 0 Å². The van der Waals surface area contributed by atoms with Gasteiger partial charge in [-0.05, 0) is 59.9 Å². The quantitative estimate of drug-likeness (QED) is 0.232. The maximum absolute atomic E-state index is 6.37. The normalized spacial score (nSPS) is 19.1. The lowest BCUT2D eigenvalue weighted by molar-refractivity contribution is 0.358. The third-order valence-corrected chi connectivity index (χ3v) is 9.50. The summed E-state index contributed by atoms with van der Waals surface area (Å²) in [6.45, 7) is 5.03. The molecule has 1 nitrogen and oxygen atoms in total. The Morgan fingerprint density at radius 3 is 2.58 bits per heavy atom. The molecule has 0 N–H and O–H groups in total. The molecule has 5 aromatic rings. The van der Waals surface area contributed by atoms with Gasteiger partial charge in [-0.2, -0.15) is 0 Å².